The van der Waals surface area contributed by atoms with Crippen LogP contribution in [0.25, 0.3) is 11.0 Å². The molecule has 0 radical (unpaired) electrons. The lowest BCUT2D eigenvalue weighted by Crippen LogP contribution is -2.33. The highest BCUT2D eigenvalue weighted by Crippen LogP contribution is 2.27. The smallest absolute Gasteiger partial charge is 0.347 e. The number of ether oxygens (including phenoxy) is 1. The van der Waals surface area contributed by atoms with Crippen LogP contribution in [0, 0.1) is 5.82 Å². The topological polar surface area (TPSA) is 119 Å². The van der Waals surface area contributed by atoms with E-state index in [-0.39, 0.29) is 43.0 Å². The Morgan fingerprint density at radius 3 is 2.28 bits per heavy atom. The maximum absolute atomic E-state index is 13.4. The minimum Gasteiger partial charge on any atom is -0.505 e. The van der Waals surface area contributed by atoms with Crippen molar-refractivity contribution in [3.8, 4) is 5.75 Å². The summed E-state index contributed by atoms with van der Waals surface area (Å²) in [6.07, 6.45) is 2.09. The van der Waals surface area contributed by atoms with Crippen molar-refractivity contribution in [2.75, 3.05) is 13.2 Å². The molecule has 198 valence electrons. The summed E-state index contributed by atoms with van der Waals surface area (Å²) in [4.78, 5) is 56.9. The molecule has 0 atom stereocenters. The first-order valence-electron chi connectivity index (χ1n) is 12.4. The number of aromatic hydroxyl groups is 1. The monoisotopic (exact) mass is 529 g/mol. The first-order valence-corrected chi connectivity index (χ1v) is 12.4. The number of carbonyl (C=O) groups excluding carboxylic acids is 3. The van der Waals surface area contributed by atoms with E-state index in [2.05, 4.69) is 4.98 Å². The summed E-state index contributed by atoms with van der Waals surface area (Å²) in [5, 5.41) is 10.8. The van der Waals surface area contributed by atoms with Gasteiger partial charge in [-0.05, 0) is 61.2 Å². The van der Waals surface area contributed by atoms with Gasteiger partial charge >= 0.3 is 5.97 Å². The van der Waals surface area contributed by atoms with Gasteiger partial charge in [0.25, 0.3) is 17.4 Å². The molecule has 1 aliphatic heterocycles. The third-order valence-electron chi connectivity index (χ3n) is 6.58. The van der Waals surface area contributed by atoms with Crippen molar-refractivity contribution >= 4 is 28.8 Å². The molecule has 5 rings (SSSR count). The molecule has 0 saturated carbocycles. The van der Waals surface area contributed by atoms with Crippen molar-refractivity contribution in [2.45, 2.75) is 26.3 Å². The lowest BCUT2D eigenvalue weighted by Gasteiger charge is -2.17. The number of amides is 2. The van der Waals surface area contributed by atoms with Crippen LogP contribution in [0.4, 0.5) is 4.39 Å². The van der Waals surface area contributed by atoms with Crippen LogP contribution in [-0.2, 0) is 17.7 Å². The maximum Gasteiger partial charge on any atom is 0.347 e. The molecule has 39 heavy (non-hydrogen) atoms. The Hall–Kier alpha value is -4.86. The van der Waals surface area contributed by atoms with E-state index in [9.17, 15) is 28.7 Å². The number of fused-ring (bicyclic) bond motifs is 2. The molecule has 1 N–H and O–H groups in total. The summed E-state index contributed by atoms with van der Waals surface area (Å²) in [6.45, 7) is 1.64. The Morgan fingerprint density at radius 2 is 1.64 bits per heavy atom. The average molecular weight is 530 g/mol. The highest BCUT2D eigenvalue weighted by molar-refractivity contribution is 6.21. The number of aromatic nitrogens is 2. The van der Waals surface area contributed by atoms with Gasteiger partial charge in [-0.2, -0.15) is 0 Å². The Kier molecular flexibility index (Phi) is 6.93. The molecule has 0 fully saturated rings. The lowest BCUT2D eigenvalue weighted by atomic mass is 10.1. The van der Waals surface area contributed by atoms with Crippen LogP contribution in [-0.4, -0.2) is 50.5 Å². The molecule has 9 nitrogen and oxygen atoms in total. The van der Waals surface area contributed by atoms with E-state index in [1.54, 1.807) is 49.4 Å². The van der Waals surface area contributed by atoms with Crippen LogP contribution in [0.1, 0.15) is 55.5 Å². The quantitative estimate of drug-likeness (QED) is 0.273. The molecule has 0 aliphatic carbocycles. The number of pyridine rings is 2. The van der Waals surface area contributed by atoms with E-state index in [1.165, 1.54) is 22.9 Å². The Morgan fingerprint density at radius 1 is 0.974 bits per heavy atom. The number of carbonyl (C=O) groups is 3. The highest BCUT2D eigenvalue weighted by atomic mass is 19.1. The second-order valence-corrected chi connectivity index (χ2v) is 9.08. The maximum atomic E-state index is 13.4. The van der Waals surface area contributed by atoms with Crippen LogP contribution in [0.2, 0.25) is 0 Å². The van der Waals surface area contributed by atoms with Crippen molar-refractivity contribution in [1.29, 1.82) is 0 Å². The van der Waals surface area contributed by atoms with Gasteiger partial charge in [-0.15, -0.1) is 0 Å². The van der Waals surface area contributed by atoms with Gasteiger partial charge in [0.15, 0.2) is 11.3 Å². The molecule has 2 aromatic heterocycles. The van der Waals surface area contributed by atoms with Gasteiger partial charge in [0.1, 0.15) is 11.3 Å². The Bertz CT molecular complexity index is 1640. The van der Waals surface area contributed by atoms with E-state index in [0.717, 1.165) is 10.5 Å². The van der Waals surface area contributed by atoms with Gasteiger partial charge in [0.2, 0.25) is 0 Å². The van der Waals surface area contributed by atoms with Crippen LogP contribution in [0.5, 0.6) is 5.75 Å². The number of aryl methyl sites for hydroxylation is 1. The van der Waals surface area contributed by atoms with Gasteiger partial charge in [-0.3, -0.25) is 24.3 Å². The second kappa shape index (κ2) is 10.5. The fourth-order valence-corrected chi connectivity index (χ4v) is 4.72. The fraction of sp³-hybridized carbons (Fsp3) is 0.207. The molecule has 3 heterocycles. The Balaban J connectivity index is 1.49. The molecule has 0 bridgehead atoms. The molecular weight excluding hydrogens is 505 g/mol. The minimum absolute atomic E-state index is 0.000467. The molecule has 0 spiro atoms. The molecular formula is C29H24FN3O6. The standard InChI is InChI=1S/C29H24FN3O6/c1-2-39-29(38)23-25(34)24-22(15-18(16-31-24)14-17-8-10-19(30)11-9-17)32(28(23)37)12-5-13-33-26(35)20-6-3-4-7-21(20)27(33)36/h3-4,6-11,15-16,34H,2,5,12-14H2,1H3. The van der Waals surface area contributed by atoms with Gasteiger partial charge < -0.3 is 14.4 Å². The predicted molar refractivity (Wildman–Crippen MR) is 139 cm³/mol. The van der Waals surface area contributed by atoms with Crippen LogP contribution in [0.15, 0.2) is 65.6 Å². The summed E-state index contributed by atoms with van der Waals surface area (Å²) in [6, 6.07) is 14.2. The number of benzene rings is 2. The van der Waals surface area contributed by atoms with Crippen LogP contribution in [0.3, 0.4) is 0 Å². The zero-order valence-corrected chi connectivity index (χ0v) is 21.0. The Labute approximate surface area is 222 Å². The molecule has 2 aromatic carbocycles. The number of imide groups is 1. The van der Waals surface area contributed by atoms with E-state index in [0.29, 0.717) is 23.1 Å². The SMILES string of the molecule is CCOC(=O)c1c(O)c2ncc(Cc3ccc(F)cc3)cc2n(CCCN2C(=O)c3ccccc3C2=O)c1=O. The van der Waals surface area contributed by atoms with E-state index < -0.39 is 34.7 Å². The second-order valence-electron chi connectivity index (χ2n) is 9.08. The average Bonchev–Trinajstić information content (AvgIpc) is 3.17. The summed E-state index contributed by atoms with van der Waals surface area (Å²) < 4.78 is 19.6. The molecule has 1 aliphatic rings. The molecule has 0 unspecified atom stereocenters. The lowest BCUT2D eigenvalue weighted by molar-refractivity contribution is 0.0519. The zero-order chi connectivity index (χ0) is 27.7. The van der Waals surface area contributed by atoms with Crippen molar-refractivity contribution in [3.63, 3.8) is 0 Å². The summed E-state index contributed by atoms with van der Waals surface area (Å²) in [5.74, 6) is -2.74. The zero-order valence-electron chi connectivity index (χ0n) is 21.0. The predicted octanol–water partition coefficient (Wildman–Crippen LogP) is 3.70. The van der Waals surface area contributed by atoms with E-state index in [1.807, 2.05) is 0 Å². The number of nitrogens with zero attached hydrogens (tertiary/aromatic N) is 3. The molecule has 10 heteroatoms. The summed E-state index contributed by atoms with van der Waals surface area (Å²) in [5.41, 5.74) is 1.14. The first-order chi connectivity index (χ1) is 18.8. The van der Waals surface area contributed by atoms with E-state index >= 15 is 0 Å². The minimum atomic E-state index is -0.979. The van der Waals surface area contributed by atoms with Gasteiger partial charge in [-0.25, -0.2) is 9.18 Å². The third-order valence-corrected chi connectivity index (χ3v) is 6.58. The van der Waals surface area contributed by atoms with Gasteiger partial charge in [0.05, 0.1) is 23.3 Å². The number of rotatable bonds is 8. The van der Waals surface area contributed by atoms with Gasteiger partial charge in [-0.1, -0.05) is 24.3 Å². The third kappa shape index (κ3) is 4.76. The summed E-state index contributed by atoms with van der Waals surface area (Å²) >= 11 is 0. The van der Waals surface area contributed by atoms with Crippen molar-refractivity contribution in [3.05, 3.63) is 105 Å². The molecule has 0 saturated heterocycles. The van der Waals surface area contributed by atoms with Crippen LogP contribution >= 0.6 is 0 Å². The van der Waals surface area contributed by atoms with Crippen molar-refractivity contribution in [2.24, 2.45) is 0 Å². The van der Waals surface area contributed by atoms with E-state index in [4.69, 9.17) is 4.74 Å². The van der Waals surface area contributed by atoms with Crippen molar-refractivity contribution < 1.29 is 28.6 Å². The van der Waals surface area contributed by atoms with Crippen molar-refractivity contribution in [1.82, 2.24) is 14.5 Å². The number of hydrogen-bond acceptors (Lipinski definition) is 7. The normalized spacial score (nSPS) is 12.7. The summed E-state index contributed by atoms with van der Waals surface area (Å²) in [7, 11) is 0. The van der Waals surface area contributed by atoms with Crippen LogP contribution < -0.4 is 5.56 Å². The fourth-order valence-electron chi connectivity index (χ4n) is 4.72. The number of esters is 1. The number of hydrogen-bond donors (Lipinski definition) is 1. The first kappa shape index (κ1) is 25.8. The largest absolute Gasteiger partial charge is 0.505 e. The highest BCUT2D eigenvalue weighted by Gasteiger charge is 2.34. The molecule has 2 amide bonds. The number of halogens is 1. The van der Waals surface area contributed by atoms with Gasteiger partial charge in [0, 0.05) is 19.3 Å². The molecule has 4 aromatic rings.